The van der Waals surface area contributed by atoms with Gasteiger partial charge in [0.05, 0.1) is 6.10 Å². The highest BCUT2D eigenvalue weighted by molar-refractivity contribution is 5.41. The standard InChI is InChI=1S/C23H33NO3/c1-19-11-4-6-13-21(19)27-23-15-7-5-12-20(23)22(14-8-9-16-24-2)26-18-10-17-25-3/h4-7,11-13,15,22,24H,8-10,14,16-18H2,1-3H3. The van der Waals surface area contributed by atoms with Gasteiger partial charge >= 0.3 is 0 Å². The smallest absolute Gasteiger partial charge is 0.133 e. The summed E-state index contributed by atoms with van der Waals surface area (Å²) >= 11 is 0. The molecule has 1 N–H and O–H groups in total. The summed E-state index contributed by atoms with van der Waals surface area (Å²) in [6.07, 6.45) is 4.13. The van der Waals surface area contributed by atoms with Gasteiger partial charge in [-0.25, -0.2) is 0 Å². The molecule has 4 nitrogen and oxygen atoms in total. The van der Waals surface area contributed by atoms with Gasteiger partial charge in [-0.1, -0.05) is 36.4 Å². The van der Waals surface area contributed by atoms with Crippen LogP contribution in [0.25, 0.3) is 0 Å². The molecule has 0 spiro atoms. The Bertz CT molecular complexity index is 648. The summed E-state index contributed by atoms with van der Waals surface area (Å²) in [6, 6.07) is 16.3. The van der Waals surface area contributed by atoms with Crippen molar-refractivity contribution in [2.45, 2.75) is 38.7 Å². The maximum Gasteiger partial charge on any atom is 0.133 e. The highest BCUT2D eigenvalue weighted by Gasteiger charge is 2.17. The van der Waals surface area contributed by atoms with Gasteiger partial charge in [0.25, 0.3) is 0 Å². The summed E-state index contributed by atoms with van der Waals surface area (Å²) in [5, 5.41) is 3.21. The van der Waals surface area contributed by atoms with Gasteiger partial charge in [0.15, 0.2) is 0 Å². The molecule has 0 radical (unpaired) electrons. The average molecular weight is 372 g/mol. The predicted octanol–water partition coefficient (Wildman–Crippen LogP) is 5.27. The van der Waals surface area contributed by atoms with Crippen LogP contribution in [-0.2, 0) is 9.47 Å². The van der Waals surface area contributed by atoms with E-state index in [1.165, 1.54) is 0 Å². The lowest BCUT2D eigenvalue weighted by molar-refractivity contribution is 0.0311. The maximum atomic E-state index is 6.26. The largest absolute Gasteiger partial charge is 0.457 e. The summed E-state index contributed by atoms with van der Waals surface area (Å²) in [4.78, 5) is 0. The summed E-state index contributed by atoms with van der Waals surface area (Å²) in [5.41, 5.74) is 2.24. The van der Waals surface area contributed by atoms with Crippen molar-refractivity contribution in [1.82, 2.24) is 5.32 Å². The van der Waals surface area contributed by atoms with Crippen LogP contribution >= 0.6 is 0 Å². The molecule has 0 aliphatic carbocycles. The Kier molecular flexibility index (Phi) is 9.91. The van der Waals surface area contributed by atoms with E-state index in [4.69, 9.17) is 14.2 Å². The number of aryl methyl sites for hydroxylation is 1. The third kappa shape index (κ3) is 7.33. The third-order valence-corrected chi connectivity index (χ3v) is 4.53. The van der Waals surface area contributed by atoms with E-state index in [1.54, 1.807) is 7.11 Å². The molecular weight excluding hydrogens is 338 g/mol. The van der Waals surface area contributed by atoms with Crippen molar-refractivity contribution >= 4 is 0 Å². The van der Waals surface area contributed by atoms with E-state index < -0.39 is 0 Å². The van der Waals surface area contributed by atoms with E-state index >= 15 is 0 Å². The molecule has 0 saturated heterocycles. The topological polar surface area (TPSA) is 39.7 Å². The lowest BCUT2D eigenvalue weighted by Crippen LogP contribution is -2.11. The lowest BCUT2D eigenvalue weighted by atomic mass is 10.0. The number of rotatable bonds is 13. The van der Waals surface area contributed by atoms with Crippen LogP contribution in [-0.4, -0.2) is 33.9 Å². The molecule has 2 aromatic carbocycles. The molecule has 0 aliphatic heterocycles. The van der Waals surface area contributed by atoms with E-state index in [0.717, 1.165) is 54.9 Å². The van der Waals surface area contributed by atoms with Crippen molar-refractivity contribution in [2.75, 3.05) is 33.9 Å². The number of benzene rings is 2. The zero-order chi connectivity index (χ0) is 19.3. The Morgan fingerprint density at radius 2 is 1.63 bits per heavy atom. The van der Waals surface area contributed by atoms with E-state index in [1.807, 2.05) is 37.4 Å². The fourth-order valence-corrected chi connectivity index (χ4v) is 3.02. The lowest BCUT2D eigenvalue weighted by Gasteiger charge is -2.22. The Hall–Kier alpha value is -1.88. The average Bonchev–Trinajstić information content (AvgIpc) is 2.69. The van der Waals surface area contributed by atoms with Crippen molar-refractivity contribution in [2.24, 2.45) is 0 Å². The quantitative estimate of drug-likeness (QED) is 0.487. The summed E-state index contributed by atoms with van der Waals surface area (Å²) < 4.78 is 17.6. The number of methoxy groups -OCH3 is 1. The van der Waals surface area contributed by atoms with Crippen LogP contribution in [0, 0.1) is 6.92 Å². The zero-order valence-corrected chi connectivity index (χ0v) is 16.9. The van der Waals surface area contributed by atoms with Crippen LogP contribution in [0.4, 0.5) is 0 Å². The SMILES string of the molecule is CNCCCCC(OCCCOC)c1ccccc1Oc1ccccc1C. The van der Waals surface area contributed by atoms with Crippen LogP contribution < -0.4 is 10.1 Å². The van der Waals surface area contributed by atoms with Gasteiger partial charge in [-0.2, -0.15) is 0 Å². The predicted molar refractivity (Wildman–Crippen MR) is 111 cm³/mol. The first-order valence-corrected chi connectivity index (χ1v) is 9.83. The van der Waals surface area contributed by atoms with Crippen LogP contribution in [0.2, 0.25) is 0 Å². The summed E-state index contributed by atoms with van der Waals surface area (Å²) in [7, 11) is 3.71. The molecule has 0 saturated carbocycles. The molecular formula is C23H33NO3. The van der Waals surface area contributed by atoms with Gasteiger partial charge in [-0.3, -0.25) is 0 Å². The van der Waals surface area contributed by atoms with Crippen LogP contribution in [0.3, 0.4) is 0 Å². The fourth-order valence-electron chi connectivity index (χ4n) is 3.02. The van der Waals surface area contributed by atoms with Crippen LogP contribution in [0.5, 0.6) is 11.5 Å². The number of hydrogen-bond acceptors (Lipinski definition) is 4. The molecule has 4 heteroatoms. The van der Waals surface area contributed by atoms with Crippen LogP contribution in [0.15, 0.2) is 48.5 Å². The van der Waals surface area contributed by atoms with E-state index in [9.17, 15) is 0 Å². The van der Waals surface area contributed by atoms with Crippen molar-refractivity contribution in [3.8, 4) is 11.5 Å². The number of unbranched alkanes of at least 4 members (excludes halogenated alkanes) is 1. The molecule has 2 aromatic rings. The van der Waals surface area contributed by atoms with E-state index in [2.05, 4.69) is 30.4 Å². The van der Waals surface area contributed by atoms with Gasteiger partial charge in [-0.05, 0) is 63.9 Å². The Morgan fingerprint density at radius 1 is 0.889 bits per heavy atom. The first-order valence-electron chi connectivity index (χ1n) is 9.83. The molecule has 1 atom stereocenters. The summed E-state index contributed by atoms with van der Waals surface area (Å²) in [6.45, 7) is 4.49. The highest BCUT2D eigenvalue weighted by atomic mass is 16.5. The zero-order valence-electron chi connectivity index (χ0n) is 16.9. The minimum absolute atomic E-state index is 0.0268. The Morgan fingerprint density at radius 3 is 2.37 bits per heavy atom. The second kappa shape index (κ2) is 12.5. The van der Waals surface area contributed by atoms with Gasteiger partial charge in [0.2, 0.25) is 0 Å². The number of ether oxygens (including phenoxy) is 3. The number of nitrogens with one attached hydrogen (secondary N) is 1. The molecule has 148 valence electrons. The number of para-hydroxylation sites is 2. The second-order valence-corrected chi connectivity index (χ2v) is 6.71. The van der Waals surface area contributed by atoms with Crippen molar-refractivity contribution in [1.29, 1.82) is 0 Å². The van der Waals surface area contributed by atoms with Gasteiger partial charge in [-0.15, -0.1) is 0 Å². The van der Waals surface area contributed by atoms with Crippen LogP contribution in [0.1, 0.15) is 42.9 Å². The van der Waals surface area contributed by atoms with E-state index in [0.29, 0.717) is 13.2 Å². The fraction of sp³-hybridized carbons (Fsp3) is 0.478. The molecule has 0 fully saturated rings. The molecule has 0 heterocycles. The first-order chi connectivity index (χ1) is 13.3. The molecule has 0 bridgehead atoms. The van der Waals surface area contributed by atoms with E-state index in [-0.39, 0.29) is 6.10 Å². The normalized spacial score (nSPS) is 12.1. The Labute approximate surface area is 163 Å². The minimum Gasteiger partial charge on any atom is -0.457 e. The van der Waals surface area contributed by atoms with Crippen molar-refractivity contribution in [3.63, 3.8) is 0 Å². The maximum absolute atomic E-state index is 6.26. The monoisotopic (exact) mass is 371 g/mol. The highest BCUT2D eigenvalue weighted by Crippen LogP contribution is 2.35. The van der Waals surface area contributed by atoms with Gasteiger partial charge < -0.3 is 19.5 Å². The third-order valence-electron chi connectivity index (χ3n) is 4.53. The second-order valence-electron chi connectivity index (χ2n) is 6.71. The Balaban J connectivity index is 2.13. The molecule has 2 rings (SSSR count). The van der Waals surface area contributed by atoms with Gasteiger partial charge in [0.1, 0.15) is 11.5 Å². The van der Waals surface area contributed by atoms with Crippen molar-refractivity contribution in [3.05, 3.63) is 59.7 Å². The molecule has 0 aromatic heterocycles. The molecule has 27 heavy (non-hydrogen) atoms. The molecule has 1 unspecified atom stereocenters. The first kappa shape index (κ1) is 21.4. The molecule has 0 amide bonds. The van der Waals surface area contributed by atoms with Crippen molar-refractivity contribution < 1.29 is 14.2 Å². The summed E-state index contributed by atoms with van der Waals surface area (Å²) in [5.74, 6) is 1.76. The number of hydrogen-bond donors (Lipinski definition) is 1. The minimum atomic E-state index is 0.0268. The van der Waals surface area contributed by atoms with Gasteiger partial charge in [0, 0.05) is 25.9 Å². The molecule has 0 aliphatic rings.